The van der Waals surface area contributed by atoms with Crippen molar-refractivity contribution in [3.05, 3.63) is 53.7 Å². The maximum atomic E-state index is 13.4. The molecule has 0 aliphatic heterocycles. The van der Waals surface area contributed by atoms with Crippen LogP contribution < -0.4 is 14.8 Å². The van der Waals surface area contributed by atoms with Crippen LogP contribution in [0.3, 0.4) is 0 Å². The third-order valence-corrected chi connectivity index (χ3v) is 2.97. The molecule has 0 saturated heterocycles. The van der Waals surface area contributed by atoms with Gasteiger partial charge in [-0.25, -0.2) is 13.8 Å². The third-order valence-electron chi connectivity index (χ3n) is 2.97. The lowest BCUT2D eigenvalue weighted by Gasteiger charge is -2.16. The maximum Gasteiger partial charge on any atom is 0.257 e. The van der Waals surface area contributed by atoms with Gasteiger partial charge in [-0.3, -0.25) is 4.79 Å². The number of halogens is 2. The van der Waals surface area contributed by atoms with Crippen molar-refractivity contribution in [1.82, 2.24) is 10.3 Å². The number of pyridine rings is 1. The molecule has 2 rings (SSSR count). The van der Waals surface area contributed by atoms with Gasteiger partial charge in [0.1, 0.15) is 18.0 Å². The largest absolute Gasteiger partial charge is 0.488 e. The van der Waals surface area contributed by atoms with E-state index in [1.54, 1.807) is 19.1 Å². The molecular formula is C16H16F2N2O3. The predicted octanol–water partition coefficient (Wildman–Crippen LogP) is 2.57. The van der Waals surface area contributed by atoms with Gasteiger partial charge in [0.2, 0.25) is 5.88 Å². The van der Waals surface area contributed by atoms with E-state index in [2.05, 4.69) is 10.3 Å². The minimum atomic E-state index is -0.794. The summed E-state index contributed by atoms with van der Waals surface area (Å²) in [6.07, 6.45) is 1.51. The number of ether oxygens (including phenoxy) is 2. The first-order chi connectivity index (χ1) is 11.0. The van der Waals surface area contributed by atoms with Gasteiger partial charge in [-0.15, -0.1) is 0 Å². The summed E-state index contributed by atoms with van der Waals surface area (Å²) in [5.74, 6) is -1.72. The van der Waals surface area contributed by atoms with E-state index in [1.807, 2.05) is 0 Å². The van der Waals surface area contributed by atoms with Gasteiger partial charge in [-0.2, -0.15) is 0 Å². The van der Waals surface area contributed by atoms with E-state index in [1.165, 1.54) is 19.4 Å². The monoisotopic (exact) mass is 322 g/mol. The van der Waals surface area contributed by atoms with Crippen molar-refractivity contribution in [2.75, 3.05) is 13.7 Å². The summed E-state index contributed by atoms with van der Waals surface area (Å²) in [5.41, 5.74) is 0.287. The Balaban J connectivity index is 1.94. The highest BCUT2D eigenvalue weighted by molar-refractivity contribution is 5.96. The van der Waals surface area contributed by atoms with Gasteiger partial charge in [0.05, 0.1) is 13.2 Å². The zero-order chi connectivity index (χ0) is 16.8. The number of benzene rings is 1. The molecular weight excluding hydrogens is 306 g/mol. The lowest BCUT2D eigenvalue weighted by Crippen LogP contribution is -2.37. The lowest BCUT2D eigenvalue weighted by atomic mass is 10.2. The molecule has 0 spiro atoms. The van der Waals surface area contributed by atoms with Gasteiger partial charge in [0.15, 0.2) is 11.6 Å². The van der Waals surface area contributed by atoms with Crippen LogP contribution in [0.5, 0.6) is 11.6 Å². The first-order valence-electron chi connectivity index (χ1n) is 6.89. The number of amides is 1. The van der Waals surface area contributed by atoms with Gasteiger partial charge in [-0.1, -0.05) is 0 Å². The number of methoxy groups -OCH3 is 1. The molecule has 0 unspecified atom stereocenters. The van der Waals surface area contributed by atoms with Gasteiger partial charge in [0, 0.05) is 12.3 Å². The normalized spacial score (nSPS) is 11.7. The molecule has 0 saturated carbocycles. The van der Waals surface area contributed by atoms with Crippen LogP contribution in [-0.2, 0) is 0 Å². The van der Waals surface area contributed by atoms with Gasteiger partial charge in [0.25, 0.3) is 5.91 Å². The number of hydrogen-bond acceptors (Lipinski definition) is 4. The van der Waals surface area contributed by atoms with Crippen molar-refractivity contribution in [1.29, 1.82) is 0 Å². The van der Waals surface area contributed by atoms with Crippen molar-refractivity contribution in [3.8, 4) is 11.6 Å². The molecule has 1 N–H and O–H groups in total. The Hall–Kier alpha value is -2.70. The summed E-state index contributed by atoms with van der Waals surface area (Å²) in [7, 11) is 1.42. The number of carbonyl (C=O) groups is 1. The van der Waals surface area contributed by atoms with Gasteiger partial charge < -0.3 is 14.8 Å². The number of rotatable bonds is 6. The van der Waals surface area contributed by atoms with Crippen LogP contribution in [0.15, 0.2) is 36.5 Å². The summed E-state index contributed by atoms with van der Waals surface area (Å²) >= 11 is 0. The standard InChI is InChI=1S/C16H16F2N2O3/c1-10(9-23-14-6-5-11(17)8-13(14)18)20-15(21)12-4-3-7-19-16(12)22-2/h3-8,10H,9H2,1-2H3,(H,20,21)/t10-/m0/s1. The Morgan fingerprint density at radius 1 is 1.35 bits per heavy atom. The van der Waals surface area contributed by atoms with Crippen LogP contribution in [0.1, 0.15) is 17.3 Å². The van der Waals surface area contributed by atoms with Gasteiger partial charge in [-0.05, 0) is 31.2 Å². The number of hydrogen-bond donors (Lipinski definition) is 1. The fraction of sp³-hybridized carbons (Fsp3) is 0.250. The van der Waals surface area contributed by atoms with Gasteiger partial charge >= 0.3 is 0 Å². The molecule has 0 bridgehead atoms. The van der Waals surface area contributed by atoms with E-state index >= 15 is 0 Å². The highest BCUT2D eigenvalue weighted by Gasteiger charge is 2.16. The van der Waals surface area contributed by atoms with Crippen molar-refractivity contribution in [3.63, 3.8) is 0 Å². The molecule has 0 aliphatic rings. The quantitative estimate of drug-likeness (QED) is 0.888. The highest BCUT2D eigenvalue weighted by atomic mass is 19.1. The molecule has 1 aromatic heterocycles. The topological polar surface area (TPSA) is 60.5 Å². The molecule has 0 aliphatic carbocycles. The van der Waals surface area contributed by atoms with E-state index in [4.69, 9.17) is 9.47 Å². The van der Waals surface area contributed by atoms with Crippen molar-refractivity contribution in [2.24, 2.45) is 0 Å². The molecule has 122 valence electrons. The molecule has 1 atom stereocenters. The fourth-order valence-electron chi connectivity index (χ4n) is 1.88. The zero-order valence-electron chi connectivity index (χ0n) is 12.7. The molecule has 23 heavy (non-hydrogen) atoms. The van der Waals surface area contributed by atoms with Crippen molar-refractivity contribution in [2.45, 2.75) is 13.0 Å². The SMILES string of the molecule is COc1ncccc1C(=O)N[C@@H](C)COc1ccc(F)cc1F. The number of nitrogens with one attached hydrogen (secondary N) is 1. The van der Waals surface area contributed by atoms with Crippen molar-refractivity contribution >= 4 is 5.91 Å². The Bertz CT molecular complexity index is 695. The summed E-state index contributed by atoms with van der Waals surface area (Å²) in [5, 5.41) is 2.69. The van der Waals surface area contributed by atoms with Crippen LogP contribution in [-0.4, -0.2) is 30.6 Å². The Labute approximate surface area is 132 Å². The van der Waals surface area contributed by atoms with E-state index < -0.39 is 17.7 Å². The highest BCUT2D eigenvalue weighted by Crippen LogP contribution is 2.18. The molecule has 1 aromatic carbocycles. The molecule has 2 aromatic rings. The second-order valence-electron chi connectivity index (χ2n) is 4.82. The Morgan fingerprint density at radius 3 is 2.83 bits per heavy atom. The predicted molar refractivity (Wildman–Crippen MR) is 79.6 cm³/mol. The number of aromatic nitrogens is 1. The van der Waals surface area contributed by atoms with Crippen LogP contribution >= 0.6 is 0 Å². The van der Waals surface area contributed by atoms with Crippen molar-refractivity contribution < 1.29 is 23.0 Å². The number of nitrogens with zero attached hydrogens (tertiary/aromatic N) is 1. The molecule has 1 heterocycles. The summed E-state index contributed by atoms with van der Waals surface area (Å²) in [6, 6.07) is 5.82. The minimum absolute atomic E-state index is 0.0247. The van der Waals surface area contributed by atoms with Crippen LogP contribution in [0, 0.1) is 11.6 Å². The van der Waals surface area contributed by atoms with E-state index in [-0.39, 0.29) is 29.7 Å². The first kappa shape index (κ1) is 16.7. The average molecular weight is 322 g/mol. The van der Waals surface area contributed by atoms with Crippen LogP contribution in [0.25, 0.3) is 0 Å². The molecule has 0 fully saturated rings. The van der Waals surface area contributed by atoms with Crippen LogP contribution in [0.4, 0.5) is 8.78 Å². The molecule has 5 nitrogen and oxygen atoms in total. The fourth-order valence-corrected chi connectivity index (χ4v) is 1.88. The van der Waals surface area contributed by atoms with Crippen LogP contribution in [0.2, 0.25) is 0 Å². The third kappa shape index (κ3) is 4.38. The first-order valence-corrected chi connectivity index (χ1v) is 6.89. The zero-order valence-corrected chi connectivity index (χ0v) is 12.7. The lowest BCUT2D eigenvalue weighted by molar-refractivity contribution is 0.0922. The van der Waals surface area contributed by atoms with E-state index in [0.717, 1.165) is 12.1 Å². The second kappa shape index (κ2) is 7.53. The Kier molecular flexibility index (Phi) is 5.46. The maximum absolute atomic E-state index is 13.4. The summed E-state index contributed by atoms with van der Waals surface area (Å²) < 4.78 is 36.5. The molecule has 7 heteroatoms. The summed E-state index contributed by atoms with van der Waals surface area (Å²) in [6.45, 7) is 1.72. The second-order valence-corrected chi connectivity index (χ2v) is 4.82. The molecule has 1 amide bonds. The van der Waals surface area contributed by atoms with E-state index in [0.29, 0.717) is 0 Å². The average Bonchev–Trinajstić information content (AvgIpc) is 2.54. The smallest absolute Gasteiger partial charge is 0.257 e. The molecule has 0 radical (unpaired) electrons. The van der Waals surface area contributed by atoms with E-state index in [9.17, 15) is 13.6 Å². The number of carbonyl (C=O) groups excluding carboxylic acids is 1. The minimum Gasteiger partial charge on any atom is -0.488 e. The Morgan fingerprint density at radius 2 is 2.13 bits per heavy atom. The summed E-state index contributed by atoms with van der Waals surface area (Å²) in [4.78, 5) is 16.1.